The normalized spacial score (nSPS) is 16.2. The van der Waals surface area contributed by atoms with Crippen LogP contribution in [0.5, 0.6) is 5.75 Å². The van der Waals surface area contributed by atoms with Gasteiger partial charge in [-0.3, -0.25) is 9.36 Å². The summed E-state index contributed by atoms with van der Waals surface area (Å²) in [6.45, 7) is 3.73. The van der Waals surface area contributed by atoms with Gasteiger partial charge in [0.15, 0.2) is 4.80 Å². The summed E-state index contributed by atoms with van der Waals surface area (Å²) in [4.78, 5) is 31.2. The van der Waals surface area contributed by atoms with Gasteiger partial charge in [0, 0.05) is 5.56 Å². The minimum Gasteiger partial charge on any atom is -0.507 e. The minimum absolute atomic E-state index is 0.0892. The third-order valence-electron chi connectivity index (χ3n) is 4.86. The van der Waals surface area contributed by atoms with Crippen molar-refractivity contribution in [2.45, 2.75) is 19.9 Å². The first kappa shape index (κ1) is 19.8. The molecule has 0 radical (unpaired) electrons. The molecule has 7 heteroatoms. The average molecular weight is 420 g/mol. The lowest BCUT2D eigenvalue weighted by Crippen LogP contribution is -2.39. The van der Waals surface area contributed by atoms with Crippen molar-refractivity contribution in [3.05, 3.63) is 96.7 Å². The number of rotatable bonds is 4. The van der Waals surface area contributed by atoms with Crippen LogP contribution >= 0.6 is 11.3 Å². The molecular weight excluding hydrogens is 400 g/mol. The summed E-state index contributed by atoms with van der Waals surface area (Å²) in [7, 11) is 0. The topological polar surface area (TPSA) is 80.9 Å². The molecule has 1 atom stereocenters. The Balaban J connectivity index is 1.97. The van der Waals surface area contributed by atoms with Crippen molar-refractivity contribution in [1.82, 2.24) is 4.57 Å². The van der Waals surface area contributed by atoms with E-state index in [2.05, 4.69) is 4.99 Å². The van der Waals surface area contributed by atoms with E-state index in [-0.39, 0.29) is 17.9 Å². The molecule has 0 saturated heterocycles. The zero-order valence-corrected chi connectivity index (χ0v) is 17.3. The van der Waals surface area contributed by atoms with Gasteiger partial charge in [-0.1, -0.05) is 59.9 Å². The molecule has 0 saturated carbocycles. The number of allylic oxidation sites excluding steroid dienone is 1. The van der Waals surface area contributed by atoms with Crippen LogP contribution in [0.1, 0.15) is 31.0 Å². The van der Waals surface area contributed by atoms with Gasteiger partial charge in [-0.25, -0.2) is 9.79 Å². The number of esters is 1. The number of ether oxygens (including phenoxy) is 1. The maximum absolute atomic E-state index is 13.4. The molecule has 0 spiro atoms. The van der Waals surface area contributed by atoms with Crippen molar-refractivity contribution in [3.63, 3.8) is 0 Å². The van der Waals surface area contributed by atoms with Crippen LogP contribution in [0.25, 0.3) is 6.08 Å². The van der Waals surface area contributed by atoms with Crippen molar-refractivity contribution in [3.8, 4) is 5.75 Å². The Kier molecular flexibility index (Phi) is 5.37. The number of carbonyl (C=O) groups is 1. The van der Waals surface area contributed by atoms with Crippen LogP contribution in [0.2, 0.25) is 0 Å². The fourth-order valence-corrected chi connectivity index (χ4v) is 4.53. The van der Waals surface area contributed by atoms with Gasteiger partial charge in [-0.05, 0) is 31.6 Å². The highest BCUT2D eigenvalue weighted by Gasteiger charge is 2.33. The lowest BCUT2D eigenvalue weighted by atomic mass is 9.96. The van der Waals surface area contributed by atoms with Crippen LogP contribution in [-0.2, 0) is 9.53 Å². The van der Waals surface area contributed by atoms with Gasteiger partial charge in [0.25, 0.3) is 5.56 Å². The summed E-state index contributed by atoms with van der Waals surface area (Å²) in [6, 6.07) is 15.6. The molecule has 0 unspecified atom stereocenters. The standard InChI is InChI=1S/C23H20N2O4S/c1-3-29-22(28)19-14(2)24-23-25(20(19)15-9-5-4-6-10-15)21(27)18(30-23)13-16-11-7-8-12-17(16)26/h4-13,20,26H,3H2,1-2H3/b18-13-/t20-/m1/s1. The number of hydrogen-bond acceptors (Lipinski definition) is 6. The fraction of sp³-hybridized carbons (Fsp3) is 0.174. The van der Waals surface area contributed by atoms with Gasteiger partial charge >= 0.3 is 5.97 Å². The Labute approximate surface area is 176 Å². The molecule has 3 aromatic rings. The molecular formula is C23H20N2O4S. The summed E-state index contributed by atoms with van der Waals surface area (Å²) in [5.74, 6) is -0.395. The van der Waals surface area contributed by atoms with E-state index in [1.165, 1.54) is 15.9 Å². The Morgan fingerprint density at radius 2 is 1.90 bits per heavy atom. The number of phenolic OH excluding ortho intramolecular Hbond substituents is 1. The molecule has 4 rings (SSSR count). The van der Waals surface area contributed by atoms with Crippen LogP contribution in [0.15, 0.2) is 75.7 Å². The number of fused-ring (bicyclic) bond motifs is 1. The Morgan fingerprint density at radius 1 is 1.20 bits per heavy atom. The second-order valence-corrected chi connectivity index (χ2v) is 7.78. The summed E-state index contributed by atoms with van der Waals surface area (Å²) >= 11 is 1.23. The number of carbonyl (C=O) groups excluding carboxylic acids is 1. The van der Waals surface area contributed by atoms with E-state index >= 15 is 0 Å². The molecule has 0 aliphatic carbocycles. The van der Waals surface area contributed by atoms with Gasteiger partial charge in [0.05, 0.1) is 28.5 Å². The highest BCUT2D eigenvalue weighted by Crippen LogP contribution is 2.30. The van der Waals surface area contributed by atoms with E-state index in [0.29, 0.717) is 26.2 Å². The maximum atomic E-state index is 13.4. The molecule has 1 aliphatic heterocycles. The number of benzene rings is 2. The predicted molar refractivity (Wildman–Crippen MR) is 115 cm³/mol. The molecule has 1 aromatic heterocycles. The highest BCUT2D eigenvalue weighted by atomic mass is 32.1. The van der Waals surface area contributed by atoms with E-state index in [1.807, 2.05) is 30.3 Å². The zero-order chi connectivity index (χ0) is 21.3. The van der Waals surface area contributed by atoms with Crippen LogP contribution < -0.4 is 14.9 Å². The third kappa shape index (κ3) is 3.48. The van der Waals surface area contributed by atoms with Crippen LogP contribution in [0.4, 0.5) is 0 Å². The van der Waals surface area contributed by atoms with E-state index < -0.39 is 12.0 Å². The van der Waals surface area contributed by atoms with E-state index in [4.69, 9.17) is 4.74 Å². The van der Waals surface area contributed by atoms with Gasteiger partial charge in [-0.15, -0.1) is 0 Å². The number of aromatic nitrogens is 1. The molecule has 0 fully saturated rings. The lowest BCUT2D eigenvalue weighted by Gasteiger charge is -2.24. The third-order valence-corrected chi connectivity index (χ3v) is 5.84. The minimum atomic E-state index is -0.631. The molecule has 1 N–H and O–H groups in total. The molecule has 2 aromatic carbocycles. The Morgan fingerprint density at radius 3 is 2.60 bits per heavy atom. The molecule has 2 heterocycles. The van der Waals surface area contributed by atoms with Crippen molar-refractivity contribution >= 4 is 23.4 Å². The largest absolute Gasteiger partial charge is 0.507 e. The molecule has 0 bridgehead atoms. The van der Waals surface area contributed by atoms with Gasteiger partial charge in [0.2, 0.25) is 0 Å². The van der Waals surface area contributed by atoms with Crippen molar-refractivity contribution in [2.24, 2.45) is 4.99 Å². The summed E-state index contributed by atoms with van der Waals surface area (Å²) in [6.07, 6.45) is 1.64. The number of nitrogens with zero attached hydrogens (tertiary/aromatic N) is 2. The van der Waals surface area contributed by atoms with E-state index in [1.54, 1.807) is 44.2 Å². The van der Waals surface area contributed by atoms with Gasteiger partial charge in [-0.2, -0.15) is 0 Å². The lowest BCUT2D eigenvalue weighted by molar-refractivity contribution is -0.139. The second kappa shape index (κ2) is 8.12. The molecule has 0 amide bonds. The number of hydrogen-bond donors (Lipinski definition) is 1. The summed E-state index contributed by atoms with van der Waals surface area (Å²) in [5.41, 5.74) is 1.94. The van der Waals surface area contributed by atoms with Crippen LogP contribution in [-0.4, -0.2) is 22.2 Å². The smallest absolute Gasteiger partial charge is 0.338 e. The molecule has 152 valence electrons. The number of phenols is 1. The van der Waals surface area contributed by atoms with Crippen molar-refractivity contribution in [2.75, 3.05) is 6.61 Å². The van der Waals surface area contributed by atoms with Crippen LogP contribution in [0, 0.1) is 0 Å². The van der Waals surface area contributed by atoms with Crippen molar-refractivity contribution in [1.29, 1.82) is 0 Å². The first-order valence-corrected chi connectivity index (χ1v) is 10.4. The zero-order valence-electron chi connectivity index (χ0n) is 16.5. The van der Waals surface area contributed by atoms with Crippen LogP contribution in [0.3, 0.4) is 0 Å². The number of para-hydroxylation sites is 1. The average Bonchev–Trinajstić information content (AvgIpc) is 3.04. The predicted octanol–water partition coefficient (Wildman–Crippen LogP) is 2.50. The fourth-order valence-electron chi connectivity index (χ4n) is 3.49. The summed E-state index contributed by atoms with van der Waals surface area (Å²) < 4.78 is 7.22. The maximum Gasteiger partial charge on any atom is 0.338 e. The second-order valence-electron chi connectivity index (χ2n) is 6.77. The highest BCUT2D eigenvalue weighted by molar-refractivity contribution is 7.07. The first-order valence-electron chi connectivity index (χ1n) is 9.54. The molecule has 6 nitrogen and oxygen atoms in total. The number of thiazole rings is 1. The Bertz CT molecular complexity index is 1320. The molecule has 1 aliphatic rings. The van der Waals surface area contributed by atoms with Gasteiger partial charge < -0.3 is 9.84 Å². The van der Waals surface area contributed by atoms with E-state index in [0.717, 1.165) is 5.56 Å². The van der Waals surface area contributed by atoms with E-state index in [9.17, 15) is 14.7 Å². The first-order chi connectivity index (χ1) is 14.5. The Hall–Kier alpha value is -3.45. The van der Waals surface area contributed by atoms with Crippen molar-refractivity contribution < 1.29 is 14.6 Å². The van der Waals surface area contributed by atoms with Gasteiger partial charge in [0.1, 0.15) is 5.75 Å². The molecule has 30 heavy (non-hydrogen) atoms. The monoisotopic (exact) mass is 420 g/mol. The quantitative estimate of drug-likeness (QED) is 0.658. The summed E-state index contributed by atoms with van der Waals surface area (Å²) in [5, 5.41) is 10.1. The SMILES string of the molecule is CCOC(=O)C1=C(C)N=c2s/c(=C\c3ccccc3O)c(=O)n2[C@@H]1c1ccccc1. The number of aromatic hydroxyl groups is 1.